The molecule has 0 radical (unpaired) electrons. The van der Waals surface area contributed by atoms with Crippen LogP contribution in [0.2, 0.25) is 0 Å². The summed E-state index contributed by atoms with van der Waals surface area (Å²) in [5, 5.41) is 11.4. The van der Waals surface area contributed by atoms with Crippen LogP contribution in [0.4, 0.5) is 15.9 Å². The molecule has 7 rings (SSSR count). The van der Waals surface area contributed by atoms with Gasteiger partial charge in [0, 0.05) is 73.0 Å². The quantitative estimate of drug-likeness (QED) is 0.241. The predicted molar refractivity (Wildman–Crippen MR) is 183 cm³/mol. The number of amides is 2. The number of nitrogens with one attached hydrogen (secondary N) is 2. The Balaban J connectivity index is 0.953. The maximum atomic E-state index is 13.6. The SMILES string of the molecule is CCC1CN(c2ccc(-c3ncccn3)cn2)CCN1C(=O)CN1CCC(C)(C(=O)Nc2ccc3[nH]nc(-c4ccc(F)cc4)c3c2)C1. The summed E-state index contributed by atoms with van der Waals surface area (Å²) in [4.78, 5) is 46.8. The first-order valence-corrected chi connectivity index (χ1v) is 16.4. The van der Waals surface area contributed by atoms with Gasteiger partial charge in [0.1, 0.15) is 11.6 Å². The Morgan fingerprint density at radius 1 is 1.00 bits per heavy atom. The third-order valence-corrected chi connectivity index (χ3v) is 9.57. The van der Waals surface area contributed by atoms with E-state index in [0.717, 1.165) is 34.3 Å². The second-order valence-corrected chi connectivity index (χ2v) is 12.9. The number of nitrogens with zero attached hydrogens (tertiary/aromatic N) is 7. The first-order chi connectivity index (χ1) is 23.3. The molecule has 2 unspecified atom stereocenters. The lowest BCUT2D eigenvalue weighted by molar-refractivity contribution is -0.135. The van der Waals surface area contributed by atoms with Crippen LogP contribution in [0.25, 0.3) is 33.5 Å². The number of aromatic nitrogens is 5. The highest BCUT2D eigenvalue weighted by molar-refractivity contribution is 6.00. The van der Waals surface area contributed by atoms with E-state index in [1.165, 1.54) is 12.1 Å². The van der Waals surface area contributed by atoms with Gasteiger partial charge in [0.15, 0.2) is 5.82 Å². The number of anilines is 2. The number of piperazine rings is 1. The van der Waals surface area contributed by atoms with Crippen molar-refractivity contribution < 1.29 is 14.0 Å². The van der Waals surface area contributed by atoms with Crippen LogP contribution in [-0.2, 0) is 9.59 Å². The van der Waals surface area contributed by atoms with Crippen molar-refractivity contribution in [1.82, 2.24) is 34.9 Å². The third kappa shape index (κ3) is 6.35. The third-order valence-electron chi connectivity index (χ3n) is 9.57. The maximum Gasteiger partial charge on any atom is 0.237 e. The van der Waals surface area contributed by atoms with E-state index in [0.29, 0.717) is 56.4 Å². The lowest BCUT2D eigenvalue weighted by Crippen LogP contribution is -2.57. The largest absolute Gasteiger partial charge is 0.353 e. The number of halogens is 1. The Kier molecular flexibility index (Phi) is 8.57. The molecular weight excluding hydrogens is 609 g/mol. The molecular formula is C36H38FN9O2. The molecule has 12 heteroatoms. The summed E-state index contributed by atoms with van der Waals surface area (Å²) in [7, 11) is 0. The molecule has 2 aliphatic rings. The van der Waals surface area contributed by atoms with Crippen LogP contribution in [0.15, 0.2) is 79.3 Å². The Labute approximate surface area is 278 Å². The fourth-order valence-electron chi connectivity index (χ4n) is 6.76. The summed E-state index contributed by atoms with van der Waals surface area (Å²) in [5.74, 6) is 1.22. The molecule has 2 fully saturated rings. The van der Waals surface area contributed by atoms with Gasteiger partial charge in [-0.3, -0.25) is 19.6 Å². The highest BCUT2D eigenvalue weighted by Gasteiger charge is 2.42. The molecule has 2 atom stereocenters. The van der Waals surface area contributed by atoms with Crippen LogP contribution in [-0.4, -0.2) is 92.1 Å². The van der Waals surface area contributed by atoms with Crippen molar-refractivity contribution in [2.24, 2.45) is 5.41 Å². The number of likely N-dealkylation sites (tertiary alicyclic amines) is 1. The molecule has 2 aromatic carbocycles. The Bertz CT molecular complexity index is 1920. The molecule has 2 amide bonds. The second-order valence-electron chi connectivity index (χ2n) is 12.9. The van der Waals surface area contributed by atoms with Gasteiger partial charge in [0.25, 0.3) is 0 Å². The molecule has 2 aliphatic heterocycles. The summed E-state index contributed by atoms with van der Waals surface area (Å²) < 4.78 is 13.5. The molecule has 5 heterocycles. The molecule has 48 heavy (non-hydrogen) atoms. The number of rotatable bonds is 8. The zero-order valence-corrected chi connectivity index (χ0v) is 27.1. The summed E-state index contributed by atoms with van der Waals surface area (Å²) in [5.41, 5.74) is 3.18. The molecule has 0 aliphatic carbocycles. The number of benzene rings is 2. The van der Waals surface area contributed by atoms with Gasteiger partial charge in [-0.1, -0.05) is 6.92 Å². The second kappa shape index (κ2) is 13.1. The van der Waals surface area contributed by atoms with Crippen LogP contribution in [0.5, 0.6) is 0 Å². The minimum atomic E-state index is -0.642. The van der Waals surface area contributed by atoms with Crippen molar-refractivity contribution in [2.75, 3.05) is 49.5 Å². The van der Waals surface area contributed by atoms with Crippen molar-refractivity contribution in [3.8, 4) is 22.6 Å². The van der Waals surface area contributed by atoms with Gasteiger partial charge in [-0.25, -0.2) is 19.3 Å². The number of carbonyl (C=O) groups is 2. The van der Waals surface area contributed by atoms with Crippen LogP contribution in [0, 0.1) is 11.2 Å². The van der Waals surface area contributed by atoms with Crippen molar-refractivity contribution >= 4 is 34.2 Å². The van der Waals surface area contributed by atoms with Crippen LogP contribution in [0.1, 0.15) is 26.7 Å². The molecule has 2 N–H and O–H groups in total. The minimum absolute atomic E-state index is 0.0695. The molecule has 246 valence electrons. The van der Waals surface area contributed by atoms with Crippen LogP contribution >= 0.6 is 0 Å². The molecule has 0 bridgehead atoms. The van der Waals surface area contributed by atoms with Crippen LogP contribution in [0.3, 0.4) is 0 Å². The number of carbonyl (C=O) groups excluding carboxylic acids is 2. The lowest BCUT2D eigenvalue weighted by Gasteiger charge is -2.42. The van der Waals surface area contributed by atoms with E-state index in [4.69, 9.17) is 0 Å². The van der Waals surface area contributed by atoms with Gasteiger partial charge in [0.05, 0.1) is 23.2 Å². The lowest BCUT2D eigenvalue weighted by atomic mass is 9.88. The van der Waals surface area contributed by atoms with E-state index in [1.54, 1.807) is 36.8 Å². The summed E-state index contributed by atoms with van der Waals surface area (Å²) in [6, 6.07) is 17.6. The smallest absolute Gasteiger partial charge is 0.237 e. The summed E-state index contributed by atoms with van der Waals surface area (Å²) in [6.07, 6.45) is 6.72. The van der Waals surface area contributed by atoms with Crippen molar-refractivity contribution in [3.63, 3.8) is 0 Å². The molecule has 2 saturated heterocycles. The van der Waals surface area contributed by atoms with Gasteiger partial charge in [-0.05, 0) is 87.0 Å². The van der Waals surface area contributed by atoms with E-state index in [2.05, 4.69) is 47.2 Å². The monoisotopic (exact) mass is 647 g/mol. The zero-order valence-electron chi connectivity index (χ0n) is 27.1. The van der Waals surface area contributed by atoms with Gasteiger partial charge >= 0.3 is 0 Å². The number of fused-ring (bicyclic) bond motifs is 1. The first-order valence-electron chi connectivity index (χ1n) is 16.4. The van der Waals surface area contributed by atoms with Gasteiger partial charge in [-0.15, -0.1) is 0 Å². The molecule has 0 spiro atoms. The van der Waals surface area contributed by atoms with E-state index in [-0.39, 0.29) is 30.2 Å². The zero-order chi connectivity index (χ0) is 33.3. The Morgan fingerprint density at radius 2 is 1.79 bits per heavy atom. The van der Waals surface area contributed by atoms with E-state index >= 15 is 0 Å². The van der Waals surface area contributed by atoms with Crippen molar-refractivity contribution in [2.45, 2.75) is 32.7 Å². The maximum absolute atomic E-state index is 13.6. The average Bonchev–Trinajstić information content (AvgIpc) is 3.72. The summed E-state index contributed by atoms with van der Waals surface area (Å²) in [6.45, 7) is 7.54. The first kappa shape index (κ1) is 31.4. The predicted octanol–water partition coefficient (Wildman–Crippen LogP) is 5.00. The van der Waals surface area contributed by atoms with E-state index in [9.17, 15) is 14.0 Å². The number of hydrogen-bond acceptors (Lipinski definition) is 8. The van der Waals surface area contributed by atoms with E-state index < -0.39 is 5.41 Å². The summed E-state index contributed by atoms with van der Waals surface area (Å²) >= 11 is 0. The standard InChI is InChI=1S/C36H38FN9O2/c1-3-28-21-45(31-12-7-25(20-40-31)34-38-14-4-15-39-34)17-18-46(28)32(47)22-44-16-13-36(2,23-44)35(48)41-27-10-11-30-29(19-27)33(43-42-30)24-5-8-26(37)9-6-24/h4-12,14-15,19-20,28H,3,13,16-18,21-23H2,1-2H3,(H,41,48)(H,42,43). The Hall–Kier alpha value is -5.23. The van der Waals surface area contributed by atoms with Crippen molar-refractivity contribution in [3.05, 3.63) is 85.1 Å². The average molecular weight is 648 g/mol. The molecule has 5 aromatic rings. The molecule has 11 nitrogen and oxygen atoms in total. The fraction of sp³-hybridized carbons (Fsp3) is 0.333. The van der Waals surface area contributed by atoms with Gasteiger partial charge in [0.2, 0.25) is 11.8 Å². The van der Waals surface area contributed by atoms with Crippen LogP contribution < -0.4 is 10.2 Å². The topological polar surface area (TPSA) is 123 Å². The number of H-pyrrole nitrogens is 1. The van der Waals surface area contributed by atoms with Crippen molar-refractivity contribution in [1.29, 1.82) is 0 Å². The fourth-order valence-corrected chi connectivity index (χ4v) is 6.76. The van der Waals surface area contributed by atoms with Gasteiger partial charge < -0.3 is 15.1 Å². The highest BCUT2D eigenvalue weighted by Crippen LogP contribution is 2.33. The number of hydrogen-bond donors (Lipinski definition) is 2. The Morgan fingerprint density at radius 3 is 2.54 bits per heavy atom. The normalized spacial score (nSPS) is 19.9. The number of aromatic amines is 1. The molecule has 0 saturated carbocycles. The minimum Gasteiger partial charge on any atom is -0.353 e. The molecule has 3 aromatic heterocycles. The number of pyridine rings is 1. The highest BCUT2D eigenvalue weighted by atomic mass is 19.1. The van der Waals surface area contributed by atoms with Gasteiger partial charge in [-0.2, -0.15) is 5.10 Å². The van der Waals surface area contributed by atoms with E-state index in [1.807, 2.05) is 42.2 Å².